The van der Waals surface area contributed by atoms with Crippen molar-refractivity contribution in [3.8, 4) is 0 Å². The molecule has 0 aliphatic rings. The van der Waals surface area contributed by atoms with Crippen LogP contribution >= 0.6 is 12.6 Å². The Hall–Kier alpha value is -1.55. The summed E-state index contributed by atoms with van der Waals surface area (Å²) in [5.74, 6) is 0.0167. The van der Waals surface area contributed by atoms with E-state index in [-0.39, 0.29) is 11.5 Å². The summed E-state index contributed by atoms with van der Waals surface area (Å²) in [7, 11) is 0. The van der Waals surface area contributed by atoms with Gasteiger partial charge in [-0.1, -0.05) is 30.3 Å². The van der Waals surface area contributed by atoms with Crippen LogP contribution in [0.5, 0.6) is 0 Å². The number of rotatable bonds is 5. The number of ketones is 1. The van der Waals surface area contributed by atoms with Gasteiger partial charge >= 0.3 is 0 Å². The van der Waals surface area contributed by atoms with Crippen molar-refractivity contribution in [2.24, 2.45) is 10.7 Å². The number of hydrogen-bond acceptors (Lipinski definition) is 4. The summed E-state index contributed by atoms with van der Waals surface area (Å²) in [6.07, 6.45) is 2.75. The van der Waals surface area contributed by atoms with Gasteiger partial charge in [0.05, 0.1) is 17.9 Å². The lowest BCUT2D eigenvalue weighted by Gasteiger charge is -1.97. The zero-order valence-electron chi connectivity index (χ0n) is 8.84. The molecule has 1 rings (SSSR count). The summed E-state index contributed by atoms with van der Waals surface area (Å²) in [4.78, 5) is 15.4. The Morgan fingerprint density at radius 2 is 2.06 bits per heavy atom. The highest BCUT2D eigenvalue weighted by molar-refractivity contribution is 7.81. The third-order valence-corrected chi connectivity index (χ3v) is 2.28. The van der Waals surface area contributed by atoms with E-state index in [2.05, 4.69) is 17.6 Å². The summed E-state index contributed by atoms with van der Waals surface area (Å²) < 4.78 is 0. The van der Waals surface area contributed by atoms with Crippen molar-refractivity contribution in [2.75, 3.05) is 5.75 Å². The van der Waals surface area contributed by atoms with E-state index in [9.17, 15) is 4.79 Å². The average Bonchev–Trinajstić information content (AvgIpc) is 2.35. The lowest BCUT2D eigenvalue weighted by molar-refractivity contribution is -0.112. The fraction of sp³-hybridized carbons (Fsp3) is 0.167. The van der Waals surface area contributed by atoms with Crippen LogP contribution in [0, 0.1) is 0 Å². The Labute approximate surface area is 100 Å². The van der Waals surface area contributed by atoms with Crippen LogP contribution in [0.2, 0.25) is 0 Å². The predicted octanol–water partition coefficient (Wildman–Crippen LogP) is 1.60. The van der Waals surface area contributed by atoms with Crippen molar-refractivity contribution in [1.82, 2.24) is 0 Å². The van der Waals surface area contributed by atoms with Crippen molar-refractivity contribution in [3.63, 3.8) is 0 Å². The van der Waals surface area contributed by atoms with E-state index in [1.165, 1.54) is 12.4 Å². The number of carbonyl (C=O) groups excluding carboxylic acids is 1. The first kappa shape index (κ1) is 12.5. The van der Waals surface area contributed by atoms with Gasteiger partial charge < -0.3 is 5.73 Å². The first-order valence-corrected chi connectivity index (χ1v) is 5.51. The molecule has 1 aromatic carbocycles. The summed E-state index contributed by atoms with van der Waals surface area (Å²) in [6, 6.07) is 9.79. The van der Waals surface area contributed by atoms with Crippen molar-refractivity contribution >= 4 is 24.6 Å². The Balaban J connectivity index is 2.58. The molecule has 0 atom stereocenters. The zero-order chi connectivity index (χ0) is 11.8. The molecular weight excluding hydrogens is 220 g/mol. The van der Waals surface area contributed by atoms with E-state index in [0.29, 0.717) is 12.1 Å². The Kier molecular flexibility index (Phi) is 5.36. The van der Waals surface area contributed by atoms with Gasteiger partial charge in [0, 0.05) is 12.4 Å². The van der Waals surface area contributed by atoms with E-state index in [1.54, 1.807) is 0 Å². The van der Waals surface area contributed by atoms with E-state index in [1.807, 2.05) is 30.3 Å². The van der Waals surface area contributed by atoms with Crippen LogP contribution in [0.3, 0.4) is 0 Å². The van der Waals surface area contributed by atoms with Crippen LogP contribution in [0.4, 0.5) is 0 Å². The van der Waals surface area contributed by atoms with Gasteiger partial charge in [-0.05, 0) is 5.56 Å². The zero-order valence-corrected chi connectivity index (χ0v) is 9.73. The summed E-state index contributed by atoms with van der Waals surface area (Å²) in [5, 5.41) is 0. The van der Waals surface area contributed by atoms with Gasteiger partial charge in [-0.25, -0.2) is 0 Å². The highest BCUT2D eigenvalue weighted by Gasteiger charge is 2.02. The number of allylic oxidation sites excluding steroid dienone is 1. The molecule has 0 saturated carbocycles. The predicted molar refractivity (Wildman–Crippen MR) is 69.8 cm³/mol. The molecule has 0 bridgehead atoms. The summed E-state index contributed by atoms with van der Waals surface area (Å²) in [6.45, 7) is 0.540. The average molecular weight is 234 g/mol. The highest BCUT2D eigenvalue weighted by atomic mass is 32.1. The lowest BCUT2D eigenvalue weighted by atomic mass is 10.2. The second kappa shape index (κ2) is 6.85. The maximum absolute atomic E-state index is 11.3. The first-order valence-electron chi connectivity index (χ1n) is 4.87. The maximum Gasteiger partial charge on any atom is 0.175 e. The van der Waals surface area contributed by atoms with E-state index in [4.69, 9.17) is 5.73 Å². The fourth-order valence-corrected chi connectivity index (χ4v) is 1.31. The van der Waals surface area contributed by atoms with Gasteiger partial charge in [-0.15, -0.1) is 0 Å². The number of aliphatic imine (C=N–C) groups is 1. The van der Waals surface area contributed by atoms with Crippen LogP contribution in [0.25, 0.3) is 0 Å². The van der Waals surface area contributed by atoms with Gasteiger partial charge in [0.15, 0.2) is 5.78 Å². The molecule has 4 heteroatoms. The number of thiol groups is 1. The SMILES string of the molecule is NC=C(C=NCc1ccccc1)C(=O)CS. The molecule has 0 aromatic heterocycles. The van der Waals surface area contributed by atoms with Crippen LogP contribution in [0.1, 0.15) is 5.56 Å². The second-order valence-electron chi connectivity index (χ2n) is 3.16. The van der Waals surface area contributed by atoms with Crippen molar-refractivity contribution in [1.29, 1.82) is 0 Å². The van der Waals surface area contributed by atoms with Gasteiger partial charge in [0.25, 0.3) is 0 Å². The standard InChI is InChI=1S/C12H14N2OS/c13-6-11(12(15)9-16)8-14-7-10-4-2-1-3-5-10/h1-6,8,16H,7,9,13H2. The topological polar surface area (TPSA) is 55.4 Å². The van der Waals surface area contributed by atoms with Gasteiger partial charge in [-0.3, -0.25) is 9.79 Å². The van der Waals surface area contributed by atoms with Crippen LogP contribution < -0.4 is 5.73 Å². The molecule has 0 spiro atoms. The number of nitrogens with zero attached hydrogens (tertiary/aromatic N) is 1. The lowest BCUT2D eigenvalue weighted by Crippen LogP contribution is -2.07. The Bertz CT molecular complexity index is 399. The molecule has 16 heavy (non-hydrogen) atoms. The molecular formula is C12H14N2OS. The largest absolute Gasteiger partial charge is 0.404 e. The Morgan fingerprint density at radius 3 is 2.62 bits per heavy atom. The molecule has 84 valence electrons. The minimum Gasteiger partial charge on any atom is -0.404 e. The normalized spacial score (nSPS) is 11.9. The number of Topliss-reactive ketones (excluding diaryl/α,β-unsaturated/α-hetero) is 1. The summed E-state index contributed by atoms with van der Waals surface area (Å²) >= 11 is 3.89. The number of carbonyl (C=O) groups is 1. The minimum atomic E-state index is -0.123. The fourth-order valence-electron chi connectivity index (χ4n) is 1.13. The van der Waals surface area contributed by atoms with Crippen molar-refractivity contribution in [3.05, 3.63) is 47.7 Å². The first-order chi connectivity index (χ1) is 7.77. The monoisotopic (exact) mass is 234 g/mol. The van der Waals surface area contributed by atoms with Crippen molar-refractivity contribution in [2.45, 2.75) is 6.54 Å². The van der Waals surface area contributed by atoms with E-state index < -0.39 is 0 Å². The molecule has 2 N–H and O–H groups in total. The minimum absolute atomic E-state index is 0.123. The van der Waals surface area contributed by atoms with Crippen LogP contribution in [-0.2, 0) is 11.3 Å². The molecule has 0 saturated heterocycles. The van der Waals surface area contributed by atoms with E-state index >= 15 is 0 Å². The van der Waals surface area contributed by atoms with Gasteiger partial charge in [0.1, 0.15) is 0 Å². The Morgan fingerprint density at radius 1 is 1.38 bits per heavy atom. The molecule has 1 aromatic rings. The molecule has 0 aliphatic heterocycles. The molecule has 0 heterocycles. The third kappa shape index (κ3) is 3.90. The van der Waals surface area contributed by atoms with E-state index in [0.717, 1.165) is 5.56 Å². The molecule has 0 radical (unpaired) electrons. The number of hydrogen-bond donors (Lipinski definition) is 2. The maximum atomic E-state index is 11.3. The third-order valence-electron chi connectivity index (χ3n) is 1.99. The smallest absolute Gasteiger partial charge is 0.175 e. The molecule has 0 fully saturated rings. The number of nitrogens with two attached hydrogens (primary N) is 1. The quantitative estimate of drug-likeness (QED) is 0.462. The number of benzene rings is 1. The molecule has 0 amide bonds. The summed E-state index contributed by atoms with van der Waals surface area (Å²) in [5.41, 5.74) is 6.81. The molecule has 0 unspecified atom stereocenters. The van der Waals surface area contributed by atoms with Crippen LogP contribution in [0.15, 0.2) is 47.1 Å². The highest BCUT2D eigenvalue weighted by Crippen LogP contribution is 2.01. The van der Waals surface area contributed by atoms with Crippen molar-refractivity contribution < 1.29 is 4.79 Å². The second-order valence-corrected chi connectivity index (χ2v) is 3.47. The molecule has 3 nitrogen and oxygen atoms in total. The molecule has 0 aliphatic carbocycles. The van der Waals surface area contributed by atoms with Crippen LogP contribution in [-0.4, -0.2) is 17.8 Å². The van der Waals surface area contributed by atoms with Gasteiger partial charge in [-0.2, -0.15) is 12.6 Å². The van der Waals surface area contributed by atoms with Gasteiger partial charge in [0.2, 0.25) is 0 Å².